The Kier molecular flexibility index (Phi) is 10.7. The maximum atomic E-state index is 11.3. The van der Waals surface area contributed by atoms with Crippen LogP contribution in [0.15, 0.2) is 24.3 Å². The van der Waals surface area contributed by atoms with Gasteiger partial charge in [-0.2, -0.15) is 0 Å². The highest BCUT2D eigenvalue weighted by atomic mass is 16.2. The Morgan fingerprint density at radius 3 is 2.24 bits per heavy atom. The Morgan fingerprint density at radius 1 is 1.06 bits per heavy atom. The van der Waals surface area contributed by atoms with Gasteiger partial charge in [0.1, 0.15) is 0 Å². The van der Waals surface area contributed by atoms with E-state index >= 15 is 0 Å². The summed E-state index contributed by atoms with van der Waals surface area (Å²) in [4.78, 5) is 13.2. The largest absolute Gasteiger partial charge is 0.339 e. The lowest BCUT2D eigenvalue weighted by molar-refractivity contribution is -0.128. The monoisotopic (exact) mass is 237 g/mol. The minimum absolute atomic E-state index is 0.175. The summed E-state index contributed by atoms with van der Waals surface area (Å²) >= 11 is 0. The van der Waals surface area contributed by atoms with Crippen LogP contribution in [0, 0.1) is 0 Å². The molecule has 17 heavy (non-hydrogen) atoms. The van der Waals surface area contributed by atoms with Crippen LogP contribution in [0.5, 0.6) is 0 Å². The molecular formula is C15H27NO. The van der Waals surface area contributed by atoms with Crippen molar-refractivity contribution in [1.82, 2.24) is 4.90 Å². The molecule has 0 heterocycles. The molecule has 0 N–H and O–H groups in total. The molecule has 0 saturated carbocycles. The first-order valence-corrected chi connectivity index (χ1v) is 6.77. The van der Waals surface area contributed by atoms with Crippen LogP contribution in [0.2, 0.25) is 0 Å². The van der Waals surface area contributed by atoms with Crippen LogP contribution < -0.4 is 0 Å². The van der Waals surface area contributed by atoms with Crippen LogP contribution >= 0.6 is 0 Å². The Labute approximate surface area is 106 Å². The first-order chi connectivity index (χ1) is 8.22. The first-order valence-electron chi connectivity index (χ1n) is 6.77. The van der Waals surface area contributed by atoms with Gasteiger partial charge in [0.25, 0.3) is 0 Å². The summed E-state index contributed by atoms with van der Waals surface area (Å²) in [7, 11) is 0. The third-order valence-corrected chi connectivity index (χ3v) is 2.62. The molecule has 0 saturated heterocycles. The van der Waals surface area contributed by atoms with Crippen LogP contribution in [0.1, 0.15) is 52.9 Å². The number of allylic oxidation sites excluding steroid dienone is 3. The first kappa shape index (κ1) is 16.0. The lowest BCUT2D eigenvalue weighted by Crippen LogP contribution is -2.29. The molecule has 0 aliphatic carbocycles. The van der Waals surface area contributed by atoms with E-state index in [1.54, 1.807) is 6.92 Å². The fourth-order valence-electron chi connectivity index (χ4n) is 1.52. The van der Waals surface area contributed by atoms with Crippen molar-refractivity contribution >= 4 is 5.91 Å². The van der Waals surface area contributed by atoms with E-state index in [-0.39, 0.29) is 5.91 Å². The summed E-state index contributed by atoms with van der Waals surface area (Å²) in [6, 6.07) is 0. The van der Waals surface area contributed by atoms with Gasteiger partial charge < -0.3 is 4.90 Å². The second-order valence-corrected chi connectivity index (χ2v) is 4.25. The van der Waals surface area contributed by atoms with Gasteiger partial charge in [-0.1, -0.05) is 44.6 Å². The Bertz CT molecular complexity index is 243. The summed E-state index contributed by atoms with van der Waals surface area (Å²) in [5.41, 5.74) is 0. The highest BCUT2D eigenvalue weighted by molar-refractivity contribution is 5.73. The lowest BCUT2D eigenvalue weighted by Gasteiger charge is -2.18. The number of nitrogens with zero attached hydrogens (tertiary/aromatic N) is 1. The minimum atomic E-state index is 0.175. The third-order valence-electron chi connectivity index (χ3n) is 2.62. The number of hydrogen-bond acceptors (Lipinski definition) is 1. The number of hydrogen-bond donors (Lipinski definition) is 0. The second-order valence-electron chi connectivity index (χ2n) is 4.25. The highest BCUT2D eigenvalue weighted by Gasteiger charge is 2.04. The van der Waals surface area contributed by atoms with Gasteiger partial charge in [0.05, 0.1) is 0 Å². The van der Waals surface area contributed by atoms with Gasteiger partial charge in [0, 0.05) is 20.0 Å². The predicted molar refractivity (Wildman–Crippen MR) is 75.0 cm³/mol. The summed E-state index contributed by atoms with van der Waals surface area (Å²) in [5.74, 6) is 0.175. The molecule has 0 aromatic carbocycles. The molecule has 0 rings (SSSR count). The van der Waals surface area contributed by atoms with E-state index < -0.39 is 0 Å². The maximum Gasteiger partial charge on any atom is 0.219 e. The zero-order valence-electron chi connectivity index (χ0n) is 11.6. The topological polar surface area (TPSA) is 20.3 Å². The molecule has 0 aromatic heterocycles. The molecular weight excluding hydrogens is 210 g/mol. The quantitative estimate of drug-likeness (QED) is 0.439. The Balaban J connectivity index is 3.75. The van der Waals surface area contributed by atoms with Crippen molar-refractivity contribution in [3.05, 3.63) is 24.3 Å². The number of rotatable bonds is 9. The number of unbranched alkanes of at least 4 members (excludes halogenated alkanes) is 2. The van der Waals surface area contributed by atoms with E-state index in [1.807, 2.05) is 4.90 Å². The van der Waals surface area contributed by atoms with Gasteiger partial charge in [0.15, 0.2) is 0 Å². The lowest BCUT2D eigenvalue weighted by atomic mass is 10.2. The molecule has 1 amide bonds. The van der Waals surface area contributed by atoms with Gasteiger partial charge in [0.2, 0.25) is 5.91 Å². The molecule has 0 atom stereocenters. The second kappa shape index (κ2) is 11.4. The van der Waals surface area contributed by atoms with E-state index in [0.717, 1.165) is 45.2 Å². The normalized spacial score (nSPS) is 11.5. The zero-order valence-corrected chi connectivity index (χ0v) is 11.6. The molecule has 0 spiro atoms. The molecule has 0 aliphatic rings. The van der Waals surface area contributed by atoms with Gasteiger partial charge in [-0.05, 0) is 25.7 Å². The number of carbonyl (C=O) groups is 1. The average Bonchev–Trinajstić information content (AvgIpc) is 2.31. The van der Waals surface area contributed by atoms with Crippen LogP contribution in [0.25, 0.3) is 0 Å². The fraction of sp³-hybridized carbons (Fsp3) is 0.667. The SMILES string of the molecule is CC/C=C\CC/C=C/CN(CCCC)C(C)=O. The van der Waals surface area contributed by atoms with Crippen molar-refractivity contribution in [1.29, 1.82) is 0 Å². The minimum Gasteiger partial charge on any atom is -0.339 e. The molecule has 0 radical (unpaired) electrons. The van der Waals surface area contributed by atoms with Crippen molar-refractivity contribution in [2.24, 2.45) is 0 Å². The predicted octanol–water partition coefficient (Wildman–Crippen LogP) is 3.94. The molecule has 0 aromatic rings. The van der Waals surface area contributed by atoms with Gasteiger partial charge >= 0.3 is 0 Å². The van der Waals surface area contributed by atoms with Crippen molar-refractivity contribution in [3.63, 3.8) is 0 Å². The summed E-state index contributed by atoms with van der Waals surface area (Å²) in [6.45, 7) is 7.57. The van der Waals surface area contributed by atoms with Crippen molar-refractivity contribution in [2.75, 3.05) is 13.1 Å². The van der Waals surface area contributed by atoms with Gasteiger partial charge in [-0.15, -0.1) is 0 Å². The molecule has 98 valence electrons. The number of amides is 1. The molecule has 0 aliphatic heterocycles. The van der Waals surface area contributed by atoms with Gasteiger partial charge in [-0.3, -0.25) is 4.79 Å². The molecule has 0 fully saturated rings. The average molecular weight is 237 g/mol. The molecule has 0 bridgehead atoms. The van der Waals surface area contributed by atoms with Crippen LogP contribution in [0.4, 0.5) is 0 Å². The van der Waals surface area contributed by atoms with E-state index in [1.165, 1.54) is 0 Å². The van der Waals surface area contributed by atoms with E-state index in [9.17, 15) is 4.79 Å². The Morgan fingerprint density at radius 2 is 1.71 bits per heavy atom. The zero-order chi connectivity index (χ0) is 12.9. The fourth-order valence-corrected chi connectivity index (χ4v) is 1.52. The van der Waals surface area contributed by atoms with Crippen LogP contribution in [-0.2, 0) is 4.79 Å². The summed E-state index contributed by atoms with van der Waals surface area (Å²) < 4.78 is 0. The Hall–Kier alpha value is -1.05. The van der Waals surface area contributed by atoms with E-state index in [4.69, 9.17) is 0 Å². The third kappa shape index (κ3) is 9.86. The van der Waals surface area contributed by atoms with Crippen molar-refractivity contribution in [3.8, 4) is 0 Å². The van der Waals surface area contributed by atoms with Crippen LogP contribution in [0.3, 0.4) is 0 Å². The molecule has 2 heteroatoms. The summed E-state index contributed by atoms with van der Waals surface area (Å²) in [5, 5.41) is 0. The van der Waals surface area contributed by atoms with E-state index in [0.29, 0.717) is 0 Å². The maximum absolute atomic E-state index is 11.3. The smallest absolute Gasteiger partial charge is 0.219 e. The van der Waals surface area contributed by atoms with Gasteiger partial charge in [-0.25, -0.2) is 0 Å². The summed E-state index contributed by atoms with van der Waals surface area (Å²) in [6.07, 6.45) is 14.2. The number of carbonyl (C=O) groups excluding carboxylic acids is 1. The van der Waals surface area contributed by atoms with Crippen LogP contribution in [-0.4, -0.2) is 23.9 Å². The van der Waals surface area contributed by atoms with Crippen molar-refractivity contribution in [2.45, 2.75) is 52.9 Å². The van der Waals surface area contributed by atoms with E-state index in [2.05, 4.69) is 38.2 Å². The molecule has 2 nitrogen and oxygen atoms in total. The van der Waals surface area contributed by atoms with Crippen molar-refractivity contribution < 1.29 is 4.79 Å². The highest BCUT2D eigenvalue weighted by Crippen LogP contribution is 1.98. The molecule has 0 unspecified atom stereocenters. The standard InChI is InChI=1S/C15H27NO/c1-4-6-8-9-10-11-12-14-16(15(3)17)13-7-5-2/h6,8,11-12H,4-5,7,9-10,13-14H2,1-3H3/b8-6-,12-11+.